The molecule has 0 aromatic heterocycles. The van der Waals surface area contributed by atoms with Crippen LogP contribution >= 0.6 is 0 Å². The summed E-state index contributed by atoms with van der Waals surface area (Å²) in [6.07, 6.45) is 2.93. The quantitative estimate of drug-likeness (QED) is 0.483. The minimum atomic E-state index is -0.503. The van der Waals surface area contributed by atoms with Gasteiger partial charge >= 0.3 is 0 Å². The van der Waals surface area contributed by atoms with E-state index in [0.717, 1.165) is 19.3 Å². The van der Waals surface area contributed by atoms with Crippen molar-refractivity contribution in [3.63, 3.8) is 0 Å². The summed E-state index contributed by atoms with van der Waals surface area (Å²) < 4.78 is 0. The summed E-state index contributed by atoms with van der Waals surface area (Å²) in [6, 6.07) is 0. The van der Waals surface area contributed by atoms with Gasteiger partial charge in [0.05, 0.1) is 14.1 Å². The Labute approximate surface area is 78.7 Å². The normalized spacial score (nSPS) is 12.5. The molecule has 0 atom stereocenters. The molecule has 0 aliphatic carbocycles. The van der Waals surface area contributed by atoms with Crippen LogP contribution in [0, 0.1) is 5.41 Å². The molecule has 74 valence electrons. The second-order valence-corrected chi connectivity index (χ2v) is 3.66. The second kappa shape index (κ2) is 4.88. The van der Waals surface area contributed by atoms with E-state index in [1.54, 1.807) is 0 Å². The lowest BCUT2D eigenvalue weighted by atomic mass is 9.72. The summed E-state index contributed by atoms with van der Waals surface area (Å²) in [4.78, 5) is 0. The first-order valence-electron chi connectivity index (χ1n) is 4.51. The first-order chi connectivity index (χ1) is 4.93. The molecule has 0 bridgehead atoms. The van der Waals surface area contributed by atoms with Crippen molar-refractivity contribution in [2.24, 2.45) is 16.9 Å². The lowest BCUT2D eigenvalue weighted by Gasteiger charge is -2.42. The van der Waals surface area contributed by atoms with Crippen LogP contribution in [0.2, 0.25) is 0 Å². The number of hydrogen-bond donors (Lipinski definition) is 2. The third-order valence-corrected chi connectivity index (χ3v) is 3.27. The molecule has 0 amide bonds. The predicted octanol–water partition coefficient (Wildman–Crippen LogP) is 0.652. The van der Waals surface area contributed by atoms with Gasteiger partial charge in [-0.25, -0.2) is 0 Å². The van der Waals surface area contributed by atoms with Crippen LogP contribution in [0.25, 0.3) is 0 Å². The van der Waals surface area contributed by atoms with Crippen LogP contribution in [0.15, 0.2) is 0 Å². The maximum atomic E-state index is 5.99. The van der Waals surface area contributed by atoms with Crippen molar-refractivity contribution in [3.8, 4) is 0 Å². The molecular formula is C9H25BN2. The fourth-order valence-electron chi connectivity index (χ4n) is 1.34. The van der Waals surface area contributed by atoms with Crippen LogP contribution in [0.5, 0.6) is 0 Å². The molecule has 0 aliphatic rings. The van der Waals surface area contributed by atoms with Crippen LogP contribution in [0.3, 0.4) is 0 Å². The molecule has 0 aromatic rings. The third-order valence-electron chi connectivity index (χ3n) is 3.27. The number of nitrogens with two attached hydrogens (primary N) is 2. The summed E-state index contributed by atoms with van der Waals surface area (Å²) in [5.41, 5.74) is 11.6. The van der Waals surface area contributed by atoms with Gasteiger partial charge in [0, 0.05) is 0 Å². The van der Waals surface area contributed by atoms with Crippen molar-refractivity contribution < 1.29 is 0 Å². The molecule has 0 aromatic carbocycles. The Balaban J connectivity index is 0. The van der Waals surface area contributed by atoms with Crippen LogP contribution in [-0.4, -0.2) is 14.1 Å². The van der Waals surface area contributed by atoms with E-state index in [-0.39, 0.29) is 13.8 Å². The fraction of sp³-hybridized carbons (Fsp3) is 1.00. The Morgan fingerprint density at radius 1 is 0.917 bits per heavy atom. The topological polar surface area (TPSA) is 52.0 Å². The Morgan fingerprint density at radius 3 is 1.33 bits per heavy atom. The van der Waals surface area contributed by atoms with Crippen LogP contribution in [-0.2, 0) is 0 Å². The zero-order valence-corrected chi connectivity index (χ0v) is 8.28. The molecule has 0 fully saturated rings. The first kappa shape index (κ1) is 14.5. The fourth-order valence-corrected chi connectivity index (χ4v) is 1.34. The molecule has 0 saturated carbocycles. The average Bonchev–Trinajstić information content (AvgIpc) is 2.02. The zero-order valence-electron chi connectivity index (χ0n) is 8.28. The van der Waals surface area contributed by atoms with E-state index in [4.69, 9.17) is 11.5 Å². The monoisotopic (exact) mass is 172 g/mol. The highest BCUT2D eigenvalue weighted by Crippen LogP contribution is 2.34. The summed E-state index contributed by atoms with van der Waals surface area (Å²) in [6.45, 7) is 8.50. The van der Waals surface area contributed by atoms with Gasteiger partial charge in [-0.15, -0.1) is 0 Å². The molecule has 0 radical (unpaired) electrons. The Hall–Kier alpha value is -0.0151. The van der Waals surface area contributed by atoms with E-state index < -0.39 is 5.66 Å². The molecule has 3 heteroatoms. The maximum Gasteiger partial charge on any atom is 0.0814 e. The lowest BCUT2D eigenvalue weighted by Crippen LogP contribution is -2.60. The Kier molecular flexibility index (Phi) is 5.90. The number of hydrogen-bond acceptors (Lipinski definition) is 2. The van der Waals surface area contributed by atoms with Gasteiger partial charge in [0.2, 0.25) is 0 Å². The summed E-state index contributed by atoms with van der Waals surface area (Å²) in [5.74, 6) is 0. The predicted molar refractivity (Wildman–Crippen MR) is 60.0 cm³/mol. The molecule has 0 heterocycles. The first-order valence-corrected chi connectivity index (χ1v) is 4.51. The lowest BCUT2D eigenvalue weighted by molar-refractivity contribution is 0.127. The van der Waals surface area contributed by atoms with Gasteiger partial charge in [-0.05, 0) is 24.7 Å². The minimum Gasteiger partial charge on any atom is -0.313 e. The van der Waals surface area contributed by atoms with Crippen molar-refractivity contribution in [2.75, 3.05) is 0 Å². The second-order valence-electron chi connectivity index (χ2n) is 3.66. The van der Waals surface area contributed by atoms with Crippen LogP contribution in [0.1, 0.15) is 47.0 Å². The zero-order chi connectivity index (χ0) is 9.12. The SMILES string of the molecule is B.CCC(N)(N)C(C)(CC)CC. The Morgan fingerprint density at radius 2 is 1.25 bits per heavy atom. The molecular weight excluding hydrogens is 147 g/mol. The summed E-state index contributed by atoms with van der Waals surface area (Å²) in [5, 5.41) is 0. The molecule has 12 heavy (non-hydrogen) atoms. The molecule has 0 rings (SSSR count). The van der Waals surface area contributed by atoms with E-state index in [1.807, 2.05) is 6.92 Å². The van der Waals surface area contributed by atoms with Gasteiger partial charge in [0.15, 0.2) is 0 Å². The molecule has 0 aliphatic heterocycles. The average molecular weight is 172 g/mol. The van der Waals surface area contributed by atoms with E-state index >= 15 is 0 Å². The van der Waals surface area contributed by atoms with Gasteiger partial charge in [-0.1, -0.05) is 27.7 Å². The van der Waals surface area contributed by atoms with Crippen LogP contribution < -0.4 is 11.5 Å². The molecule has 0 spiro atoms. The molecule has 0 unspecified atom stereocenters. The highest BCUT2D eigenvalue weighted by atomic mass is 15.0. The largest absolute Gasteiger partial charge is 0.313 e. The maximum absolute atomic E-state index is 5.99. The molecule has 4 N–H and O–H groups in total. The molecule has 0 saturated heterocycles. The minimum absolute atomic E-state index is 0. The number of rotatable bonds is 4. The van der Waals surface area contributed by atoms with Gasteiger partial charge in [-0.3, -0.25) is 0 Å². The highest BCUT2D eigenvalue weighted by molar-refractivity contribution is 5.75. The van der Waals surface area contributed by atoms with Gasteiger partial charge < -0.3 is 11.5 Å². The summed E-state index contributed by atoms with van der Waals surface area (Å²) in [7, 11) is 0. The van der Waals surface area contributed by atoms with Gasteiger partial charge in [-0.2, -0.15) is 0 Å². The smallest absolute Gasteiger partial charge is 0.0814 e. The summed E-state index contributed by atoms with van der Waals surface area (Å²) >= 11 is 0. The van der Waals surface area contributed by atoms with Crippen molar-refractivity contribution in [1.29, 1.82) is 0 Å². The van der Waals surface area contributed by atoms with Crippen molar-refractivity contribution >= 4 is 8.41 Å². The third kappa shape index (κ3) is 2.49. The Bertz CT molecular complexity index is 120. The van der Waals surface area contributed by atoms with Crippen molar-refractivity contribution in [2.45, 2.75) is 52.6 Å². The van der Waals surface area contributed by atoms with Crippen molar-refractivity contribution in [1.82, 2.24) is 0 Å². The van der Waals surface area contributed by atoms with E-state index in [9.17, 15) is 0 Å². The van der Waals surface area contributed by atoms with Crippen LogP contribution in [0.4, 0.5) is 0 Å². The standard InChI is InChI=1S/C9H22N2.BH3/c1-5-8(4,6-2)9(10,11)7-3;/h5-7,10-11H2,1-4H3;1H3. The van der Waals surface area contributed by atoms with Gasteiger partial charge in [0.1, 0.15) is 0 Å². The van der Waals surface area contributed by atoms with Crippen molar-refractivity contribution in [3.05, 3.63) is 0 Å². The van der Waals surface area contributed by atoms with E-state index in [0.29, 0.717) is 0 Å². The van der Waals surface area contributed by atoms with Gasteiger partial charge in [0.25, 0.3) is 0 Å². The highest BCUT2D eigenvalue weighted by Gasteiger charge is 2.37. The van der Waals surface area contributed by atoms with E-state index in [1.165, 1.54) is 0 Å². The molecule has 2 nitrogen and oxygen atoms in total. The van der Waals surface area contributed by atoms with E-state index in [2.05, 4.69) is 20.8 Å².